The molecule has 2 rings (SSSR count). The molecule has 2 nitrogen and oxygen atoms in total. The topological polar surface area (TPSA) is 38.9 Å². The highest BCUT2D eigenvalue weighted by molar-refractivity contribution is 9.10. The highest BCUT2D eigenvalue weighted by Crippen LogP contribution is 2.25. The zero-order valence-corrected chi connectivity index (χ0v) is 11.4. The lowest BCUT2D eigenvalue weighted by Crippen LogP contribution is -2.35. The predicted octanol–water partition coefficient (Wildman–Crippen LogP) is 3.32. The Bertz CT molecular complexity index is 466. The smallest absolute Gasteiger partial charge is 0.0946 e. The van der Waals surface area contributed by atoms with Crippen LogP contribution in [-0.2, 0) is 12.0 Å². The first-order valence-electron chi connectivity index (χ1n) is 5.01. The molecule has 0 spiro atoms. The summed E-state index contributed by atoms with van der Waals surface area (Å²) in [5.74, 6) is 0. The van der Waals surface area contributed by atoms with Gasteiger partial charge in [-0.05, 0) is 24.6 Å². The first-order chi connectivity index (χ1) is 7.58. The molecule has 2 N–H and O–H groups in total. The average molecular weight is 297 g/mol. The Morgan fingerprint density at radius 3 is 2.94 bits per heavy atom. The van der Waals surface area contributed by atoms with Gasteiger partial charge in [0, 0.05) is 28.0 Å². The summed E-state index contributed by atoms with van der Waals surface area (Å²) in [6.07, 6.45) is 2.58. The maximum atomic E-state index is 6.34. The largest absolute Gasteiger partial charge is 0.321 e. The van der Waals surface area contributed by atoms with Crippen LogP contribution in [0.5, 0.6) is 0 Å². The van der Waals surface area contributed by atoms with Gasteiger partial charge in [0.15, 0.2) is 0 Å². The van der Waals surface area contributed by atoms with Crippen LogP contribution in [0, 0.1) is 0 Å². The third-order valence-electron chi connectivity index (χ3n) is 2.49. The van der Waals surface area contributed by atoms with Gasteiger partial charge in [-0.3, -0.25) is 0 Å². The molecule has 0 saturated heterocycles. The Morgan fingerprint density at radius 1 is 1.50 bits per heavy atom. The molecule has 1 atom stereocenters. The van der Waals surface area contributed by atoms with Gasteiger partial charge in [-0.25, -0.2) is 4.98 Å². The van der Waals surface area contributed by atoms with Crippen molar-refractivity contribution >= 4 is 27.3 Å². The summed E-state index contributed by atoms with van der Waals surface area (Å²) in [5.41, 5.74) is 7.09. The average Bonchev–Trinajstić information content (AvgIpc) is 2.70. The molecule has 1 heterocycles. The van der Waals surface area contributed by atoms with Crippen LogP contribution in [0.1, 0.15) is 17.5 Å². The minimum absolute atomic E-state index is 0.373. The third kappa shape index (κ3) is 2.70. The van der Waals surface area contributed by atoms with Crippen molar-refractivity contribution in [3.63, 3.8) is 0 Å². The molecule has 0 aliphatic carbocycles. The Balaban J connectivity index is 2.24. The summed E-state index contributed by atoms with van der Waals surface area (Å²) in [7, 11) is 0. The molecule has 0 radical (unpaired) electrons. The van der Waals surface area contributed by atoms with Crippen molar-refractivity contribution in [2.75, 3.05) is 0 Å². The van der Waals surface area contributed by atoms with Gasteiger partial charge in [-0.15, -0.1) is 11.3 Å². The molecule has 84 valence electrons. The zero-order valence-electron chi connectivity index (χ0n) is 8.98. The van der Waals surface area contributed by atoms with E-state index in [1.807, 2.05) is 30.6 Å². The van der Waals surface area contributed by atoms with Gasteiger partial charge in [0.2, 0.25) is 0 Å². The van der Waals surface area contributed by atoms with Gasteiger partial charge in [0.25, 0.3) is 0 Å². The van der Waals surface area contributed by atoms with Crippen molar-refractivity contribution in [1.82, 2.24) is 4.98 Å². The SMILES string of the molecule is CC(N)(Cc1nccs1)c1cccc(Br)c1. The molecule has 4 heteroatoms. The number of hydrogen-bond donors (Lipinski definition) is 1. The van der Waals surface area contributed by atoms with Gasteiger partial charge >= 0.3 is 0 Å². The lowest BCUT2D eigenvalue weighted by molar-refractivity contribution is 0.490. The van der Waals surface area contributed by atoms with Crippen LogP contribution in [0.25, 0.3) is 0 Å². The second kappa shape index (κ2) is 4.65. The molecule has 2 aromatic rings. The van der Waals surface area contributed by atoms with Crippen LogP contribution in [0.2, 0.25) is 0 Å². The van der Waals surface area contributed by atoms with Gasteiger partial charge < -0.3 is 5.73 Å². The maximum Gasteiger partial charge on any atom is 0.0946 e. The quantitative estimate of drug-likeness (QED) is 0.944. The Kier molecular flexibility index (Phi) is 3.42. The molecule has 0 amide bonds. The Hall–Kier alpha value is -0.710. The maximum absolute atomic E-state index is 6.34. The number of nitrogens with two attached hydrogens (primary N) is 1. The van der Waals surface area contributed by atoms with Crippen LogP contribution in [0.4, 0.5) is 0 Å². The molecule has 1 aromatic heterocycles. The number of benzene rings is 1. The molecule has 0 aliphatic heterocycles. The van der Waals surface area contributed by atoms with Crippen molar-refractivity contribution in [1.29, 1.82) is 0 Å². The number of thiazole rings is 1. The Morgan fingerprint density at radius 2 is 2.31 bits per heavy atom. The van der Waals surface area contributed by atoms with Crippen molar-refractivity contribution in [2.24, 2.45) is 5.73 Å². The van der Waals surface area contributed by atoms with Crippen LogP contribution in [-0.4, -0.2) is 4.98 Å². The molecule has 0 saturated carbocycles. The summed E-state index contributed by atoms with van der Waals surface area (Å²) in [6.45, 7) is 2.04. The van der Waals surface area contributed by atoms with Crippen LogP contribution in [0.3, 0.4) is 0 Å². The van der Waals surface area contributed by atoms with Crippen LogP contribution < -0.4 is 5.73 Å². The fourth-order valence-electron chi connectivity index (χ4n) is 1.60. The van der Waals surface area contributed by atoms with E-state index in [0.717, 1.165) is 21.5 Å². The van der Waals surface area contributed by atoms with E-state index in [1.54, 1.807) is 11.3 Å². The van der Waals surface area contributed by atoms with E-state index < -0.39 is 0 Å². The zero-order chi connectivity index (χ0) is 11.6. The first-order valence-corrected chi connectivity index (χ1v) is 6.68. The second-order valence-corrected chi connectivity index (χ2v) is 5.93. The minimum Gasteiger partial charge on any atom is -0.321 e. The molecular weight excluding hydrogens is 284 g/mol. The van der Waals surface area contributed by atoms with E-state index in [-0.39, 0.29) is 5.54 Å². The fraction of sp³-hybridized carbons (Fsp3) is 0.250. The molecule has 1 unspecified atom stereocenters. The second-order valence-electron chi connectivity index (χ2n) is 4.03. The molecular formula is C12H13BrN2S. The summed E-state index contributed by atoms with van der Waals surface area (Å²) >= 11 is 5.11. The van der Waals surface area contributed by atoms with Crippen molar-refractivity contribution in [3.05, 3.63) is 50.9 Å². The van der Waals surface area contributed by atoms with E-state index >= 15 is 0 Å². The monoisotopic (exact) mass is 296 g/mol. The molecule has 16 heavy (non-hydrogen) atoms. The first kappa shape index (κ1) is 11.8. The van der Waals surface area contributed by atoms with Gasteiger partial charge in [0.05, 0.1) is 5.01 Å². The van der Waals surface area contributed by atoms with Gasteiger partial charge in [-0.1, -0.05) is 28.1 Å². The van der Waals surface area contributed by atoms with E-state index in [4.69, 9.17) is 5.73 Å². The molecule has 1 aromatic carbocycles. The number of rotatable bonds is 3. The van der Waals surface area contributed by atoms with Crippen LogP contribution in [0.15, 0.2) is 40.3 Å². The van der Waals surface area contributed by atoms with E-state index in [9.17, 15) is 0 Å². The highest BCUT2D eigenvalue weighted by Gasteiger charge is 2.22. The molecule has 0 bridgehead atoms. The Labute approximate surface area is 108 Å². The number of hydrogen-bond acceptors (Lipinski definition) is 3. The fourth-order valence-corrected chi connectivity index (χ4v) is 2.78. The predicted molar refractivity (Wildman–Crippen MR) is 71.5 cm³/mol. The number of aromatic nitrogens is 1. The van der Waals surface area contributed by atoms with Crippen molar-refractivity contribution < 1.29 is 0 Å². The normalized spacial score (nSPS) is 14.7. The summed E-state index contributed by atoms with van der Waals surface area (Å²) < 4.78 is 1.06. The third-order valence-corrected chi connectivity index (χ3v) is 3.76. The van der Waals surface area contributed by atoms with Crippen LogP contribution >= 0.6 is 27.3 Å². The molecule has 0 fully saturated rings. The standard InChI is InChI=1S/C12H13BrN2S/c1-12(14,8-11-15-5-6-16-11)9-3-2-4-10(13)7-9/h2-7H,8,14H2,1H3. The van der Waals surface area contributed by atoms with Crippen molar-refractivity contribution in [2.45, 2.75) is 18.9 Å². The van der Waals surface area contributed by atoms with E-state index in [1.165, 1.54) is 0 Å². The highest BCUT2D eigenvalue weighted by atomic mass is 79.9. The number of nitrogens with zero attached hydrogens (tertiary/aromatic N) is 1. The lowest BCUT2D eigenvalue weighted by Gasteiger charge is -2.24. The summed E-state index contributed by atoms with van der Waals surface area (Å²) in [4.78, 5) is 4.28. The minimum atomic E-state index is -0.373. The number of halogens is 1. The van der Waals surface area contributed by atoms with E-state index in [0.29, 0.717) is 0 Å². The molecule has 0 aliphatic rings. The summed E-state index contributed by atoms with van der Waals surface area (Å²) in [5, 5.41) is 3.05. The van der Waals surface area contributed by atoms with Crippen molar-refractivity contribution in [3.8, 4) is 0 Å². The van der Waals surface area contributed by atoms with E-state index in [2.05, 4.69) is 33.0 Å². The van der Waals surface area contributed by atoms with Gasteiger partial charge in [-0.2, -0.15) is 0 Å². The van der Waals surface area contributed by atoms with Gasteiger partial charge in [0.1, 0.15) is 0 Å². The lowest BCUT2D eigenvalue weighted by atomic mass is 9.90. The summed E-state index contributed by atoms with van der Waals surface area (Å²) in [6, 6.07) is 8.13.